The van der Waals surface area contributed by atoms with Crippen LogP contribution in [0.3, 0.4) is 0 Å². The maximum atomic E-state index is 13.0. The second-order valence-corrected chi connectivity index (χ2v) is 9.54. The fourth-order valence-corrected chi connectivity index (χ4v) is 5.62. The molecule has 1 aromatic carbocycles. The first-order chi connectivity index (χ1) is 16.0. The number of amides is 2. The predicted octanol–water partition coefficient (Wildman–Crippen LogP) is 1.25. The monoisotopic (exact) mass is 456 g/mol. The normalized spacial score (nSPS) is 27.0. The van der Waals surface area contributed by atoms with Crippen molar-refractivity contribution in [3.05, 3.63) is 35.9 Å². The third kappa shape index (κ3) is 5.38. The van der Waals surface area contributed by atoms with E-state index in [1.54, 1.807) is 0 Å². The van der Waals surface area contributed by atoms with Crippen LogP contribution in [0.4, 0.5) is 0 Å². The minimum Gasteiger partial charge on any atom is -0.469 e. The molecular formula is C25H36N4O4. The Bertz CT molecular complexity index is 840. The van der Waals surface area contributed by atoms with Crippen molar-refractivity contribution in [1.29, 1.82) is 0 Å². The number of hydrogen-bond acceptors (Lipinski definition) is 6. The number of benzene rings is 1. The van der Waals surface area contributed by atoms with Gasteiger partial charge in [-0.1, -0.05) is 30.3 Å². The number of fused-ring (bicyclic) bond motifs is 1. The van der Waals surface area contributed by atoms with Gasteiger partial charge in [0.25, 0.3) is 0 Å². The van der Waals surface area contributed by atoms with Gasteiger partial charge in [0.15, 0.2) is 0 Å². The van der Waals surface area contributed by atoms with Gasteiger partial charge < -0.3 is 15.0 Å². The molecule has 180 valence electrons. The zero-order chi connectivity index (χ0) is 23.4. The van der Waals surface area contributed by atoms with Gasteiger partial charge >= 0.3 is 5.97 Å². The van der Waals surface area contributed by atoms with Crippen LogP contribution >= 0.6 is 0 Å². The number of piperidine rings is 1. The highest BCUT2D eigenvalue weighted by Gasteiger charge is 2.45. The number of likely N-dealkylation sites (tertiary alicyclic amines) is 2. The molecule has 1 N–H and O–H groups in total. The highest BCUT2D eigenvalue weighted by molar-refractivity contribution is 5.83. The zero-order valence-corrected chi connectivity index (χ0v) is 19.7. The number of nitrogens with one attached hydrogen (secondary N) is 1. The standard InChI is InChI=1S/C25H36N4O4/c1-27-20(8-9-22(30)28-13-10-19(11-14-28)25(32)33-2)16-26-24(31)23-21(27)12-15-29(23)17-18-6-4-3-5-7-18/h3-7,19-21,23H,8-17H2,1-2H3,(H,26,31)/t20-,21-,23-/m0/s1. The van der Waals surface area contributed by atoms with Crippen LogP contribution in [0.2, 0.25) is 0 Å². The van der Waals surface area contributed by atoms with Gasteiger partial charge in [-0.3, -0.25) is 24.2 Å². The highest BCUT2D eigenvalue weighted by Crippen LogP contribution is 2.29. The van der Waals surface area contributed by atoms with Gasteiger partial charge in [-0.05, 0) is 38.3 Å². The first-order valence-electron chi connectivity index (χ1n) is 12.1. The third-order valence-corrected chi connectivity index (χ3v) is 7.65. The summed E-state index contributed by atoms with van der Waals surface area (Å²) in [5.41, 5.74) is 1.22. The summed E-state index contributed by atoms with van der Waals surface area (Å²) in [5, 5.41) is 3.14. The van der Waals surface area contributed by atoms with Crippen LogP contribution in [0.5, 0.6) is 0 Å². The summed E-state index contributed by atoms with van der Waals surface area (Å²) < 4.78 is 4.83. The average molecular weight is 457 g/mol. The van der Waals surface area contributed by atoms with Crippen molar-refractivity contribution < 1.29 is 19.1 Å². The van der Waals surface area contributed by atoms with Crippen molar-refractivity contribution in [3.8, 4) is 0 Å². The van der Waals surface area contributed by atoms with E-state index in [2.05, 4.69) is 34.3 Å². The summed E-state index contributed by atoms with van der Waals surface area (Å²) in [6.45, 7) is 3.44. The molecule has 8 heteroatoms. The number of methoxy groups -OCH3 is 1. The van der Waals surface area contributed by atoms with Crippen LogP contribution in [0.25, 0.3) is 0 Å². The van der Waals surface area contributed by atoms with Crippen LogP contribution in [0.15, 0.2) is 30.3 Å². The molecule has 3 saturated heterocycles. The first-order valence-corrected chi connectivity index (χ1v) is 12.1. The van der Waals surface area contributed by atoms with Crippen LogP contribution < -0.4 is 5.32 Å². The third-order valence-electron chi connectivity index (χ3n) is 7.65. The Balaban J connectivity index is 1.31. The van der Waals surface area contributed by atoms with E-state index in [1.165, 1.54) is 12.7 Å². The van der Waals surface area contributed by atoms with E-state index in [4.69, 9.17) is 4.74 Å². The summed E-state index contributed by atoms with van der Waals surface area (Å²) in [4.78, 5) is 44.0. The lowest BCUT2D eigenvalue weighted by atomic mass is 9.96. The minimum absolute atomic E-state index is 0.0963. The largest absolute Gasteiger partial charge is 0.469 e. The molecule has 0 spiro atoms. The number of esters is 1. The van der Waals surface area contributed by atoms with E-state index in [1.807, 2.05) is 23.1 Å². The minimum atomic E-state index is -0.176. The maximum Gasteiger partial charge on any atom is 0.308 e. The molecule has 1 aromatic rings. The topological polar surface area (TPSA) is 82.2 Å². The molecule has 3 atom stereocenters. The number of rotatable bonds is 6. The van der Waals surface area contributed by atoms with E-state index in [0.29, 0.717) is 45.3 Å². The molecule has 3 aliphatic rings. The lowest BCUT2D eigenvalue weighted by Gasteiger charge is -2.34. The highest BCUT2D eigenvalue weighted by atomic mass is 16.5. The molecule has 0 radical (unpaired) electrons. The molecule has 4 rings (SSSR count). The Morgan fingerprint density at radius 1 is 1.09 bits per heavy atom. The second kappa shape index (κ2) is 10.7. The molecule has 0 saturated carbocycles. The van der Waals surface area contributed by atoms with Gasteiger partial charge in [0.1, 0.15) is 6.04 Å². The second-order valence-electron chi connectivity index (χ2n) is 9.54. The van der Waals surface area contributed by atoms with Gasteiger partial charge in [-0.2, -0.15) is 0 Å². The smallest absolute Gasteiger partial charge is 0.308 e. The first kappa shape index (κ1) is 23.7. The zero-order valence-electron chi connectivity index (χ0n) is 19.7. The van der Waals surface area contributed by atoms with E-state index in [9.17, 15) is 14.4 Å². The van der Waals surface area contributed by atoms with Crippen molar-refractivity contribution in [2.75, 3.05) is 40.3 Å². The van der Waals surface area contributed by atoms with Crippen molar-refractivity contribution in [3.63, 3.8) is 0 Å². The average Bonchev–Trinajstić information content (AvgIpc) is 3.22. The Kier molecular flexibility index (Phi) is 7.65. The summed E-state index contributed by atoms with van der Waals surface area (Å²) in [7, 11) is 3.51. The lowest BCUT2D eigenvalue weighted by Crippen LogP contribution is -2.49. The van der Waals surface area contributed by atoms with Gasteiger partial charge in [-0.25, -0.2) is 0 Å². The molecule has 2 amide bonds. The number of ether oxygens (including phenoxy) is 1. The van der Waals surface area contributed by atoms with E-state index in [-0.39, 0.29) is 41.8 Å². The Morgan fingerprint density at radius 2 is 1.82 bits per heavy atom. The van der Waals surface area contributed by atoms with E-state index >= 15 is 0 Å². The number of carbonyl (C=O) groups excluding carboxylic acids is 3. The Morgan fingerprint density at radius 3 is 2.52 bits per heavy atom. The summed E-state index contributed by atoms with van der Waals surface area (Å²) in [6, 6.07) is 10.4. The SMILES string of the molecule is COC(=O)C1CCN(C(=O)CC[C@H]2CNC(=O)[C@@H]3[C@H](CCN3Cc3ccccc3)N2C)CC1. The van der Waals surface area contributed by atoms with E-state index < -0.39 is 0 Å². The number of likely N-dealkylation sites (N-methyl/N-ethyl adjacent to an activating group) is 1. The van der Waals surface area contributed by atoms with Gasteiger partial charge in [0, 0.05) is 51.2 Å². The fourth-order valence-electron chi connectivity index (χ4n) is 5.62. The molecule has 3 fully saturated rings. The van der Waals surface area contributed by atoms with Gasteiger partial charge in [0.05, 0.1) is 13.0 Å². The summed E-state index contributed by atoms with van der Waals surface area (Å²) >= 11 is 0. The Hall–Kier alpha value is -2.45. The molecule has 0 aromatic heterocycles. The van der Waals surface area contributed by atoms with E-state index in [0.717, 1.165) is 19.5 Å². The van der Waals surface area contributed by atoms with Gasteiger partial charge in [0.2, 0.25) is 11.8 Å². The van der Waals surface area contributed by atoms with Crippen molar-refractivity contribution >= 4 is 17.8 Å². The van der Waals surface area contributed by atoms with Crippen LogP contribution in [0.1, 0.15) is 37.7 Å². The molecule has 0 bridgehead atoms. The number of hydrogen-bond donors (Lipinski definition) is 1. The molecular weight excluding hydrogens is 420 g/mol. The van der Waals surface area contributed by atoms with Crippen molar-refractivity contribution in [2.24, 2.45) is 5.92 Å². The van der Waals surface area contributed by atoms with Crippen LogP contribution in [-0.2, 0) is 25.7 Å². The maximum absolute atomic E-state index is 13.0. The fraction of sp³-hybridized carbons (Fsp3) is 0.640. The van der Waals surface area contributed by atoms with Crippen LogP contribution in [0, 0.1) is 5.92 Å². The summed E-state index contributed by atoms with van der Waals surface area (Å²) in [5.74, 6) is -0.0410. The van der Waals surface area contributed by atoms with Crippen molar-refractivity contribution in [1.82, 2.24) is 20.0 Å². The Labute approximate surface area is 196 Å². The molecule has 0 unspecified atom stereocenters. The van der Waals surface area contributed by atoms with Gasteiger partial charge in [-0.15, -0.1) is 0 Å². The number of carbonyl (C=O) groups is 3. The quantitative estimate of drug-likeness (QED) is 0.649. The lowest BCUT2D eigenvalue weighted by molar-refractivity contribution is -0.149. The molecule has 3 heterocycles. The molecule has 8 nitrogen and oxygen atoms in total. The predicted molar refractivity (Wildman–Crippen MR) is 124 cm³/mol. The molecule has 3 aliphatic heterocycles. The molecule has 0 aliphatic carbocycles. The van der Waals surface area contributed by atoms with Crippen molar-refractivity contribution in [2.45, 2.75) is 56.8 Å². The molecule has 33 heavy (non-hydrogen) atoms. The van der Waals surface area contributed by atoms with Crippen LogP contribution in [-0.4, -0.2) is 90.9 Å². The number of nitrogens with zero attached hydrogens (tertiary/aromatic N) is 3. The summed E-state index contributed by atoms with van der Waals surface area (Å²) in [6.07, 6.45) is 3.46.